The molecule has 0 aromatic carbocycles. The predicted octanol–water partition coefficient (Wildman–Crippen LogP) is 1.09. The van der Waals surface area contributed by atoms with Crippen molar-refractivity contribution in [1.82, 2.24) is 0 Å². The third kappa shape index (κ3) is 15.8. The fourth-order valence-electron chi connectivity index (χ4n) is 5.92. The van der Waals surface area contributed by atoms with E-state index < -0.39 is 68.0 Å². The van der Waals surface area contributed by atoms with Gasteiger partial charge in [-0.15, -0.1) is 0 Å². The average Bonchev–Trinajstić information content (AvgIpc) is 3.05. The fourth-order valence-corrected chi connectivity index (χ4v) is 5.92. The molecule has 0 radical (unpaired) electrons. The van der Waals surface area contributed by atoms with Crippen LogP contribution in [0.1, 0.15) is 103 Å². The van der Waals surface area contributed by atoms with Gasteiger partial charge in [-0.2, -0.15) is 0 Å². The first kappa shape index (κ1) is 41.7. The lowest BCUT2D eigenvalue weighted by Crippen LogP contribution is -2.63. The Bertz CT molecular complexity index is 737. The SMILES string of the molecule is CC(CCCCCCCCCO)CCCCCCCCOCC(COC1OCC(O)C(O)C1O)OC1OC(CO)C(O)C(O)C1N. The summed E-state index contributed by atoms with van der Waals surface area (Å²) < 4.78 is 28.3. The van der Waals surface area contributed by atoms with Gasteiger partial charge in [0, 0.05) is 13.2 Å². The molecule has 13 heteroatoms. The minimum absolute atomic E-state index is 0.0740. The molecule has 274 valence electrons. The van der Waals surface area contributed by atoms with Gasteiger partial charge in [0.15, 0.2) is 12.6 Å². The summed E-state index contributed by atoms with van der Waals surface area (Å²) in [6.07, 6.45) is 6.75. The fraction of sp³-hybridized carbons (Fsp3) is 1.00. The number of hydrogen-bond acceptors (Lipinski definition) is 13. The van der Waals surface area contributed by atoms with Crippen molar-refractivity contribution in [3.05, 3.63) is 0 Å². The molecule has 46 heavy (non-hydrogen) atoms. The molecule has 9 N–H and O–H groups in total. The van der Waals surface area contributed by atoms with E-state index in [1.807, 2.05) is 0 Å². The van der Waals surface area contributed by atoms with Gasteiger partial charge >= 0.3 is 0 Å². The van der Waals surface area contributed by atoms with E-state index in [0.717, 1.165) is 38.0 Å². The number of aliphatic hydroxyl groups is 7. The number of hydrogen-bond donors (Lipinski definition) is 8. The quantitative estimate of drug-likeness (QED) is 0.0608. The molecular weight excluding hydrogens is 602 g/mol. The molecule has 0 saturated carbocycles. The van der Waals surface area contributed by atoms with Crippen molar-refractivity contribution in [1.29, 1.82) is 0 Å². The first-order valence-corrected chi connectivity index (χ1v) is 17.7. The van der Waals surface area contributed by atoms with Gasteiger partial charge in [0.05, 0.1) is 32.5 Å². The minimum atomic E-state index is -1.47. The topological polar surface area (TPSA) is 214 Å². The minimum Gasteiger partial charge on any atom is -0.396 e. The summed E-state index contributed by atoms with van der Waals surface area (Å²) in [5.74, 6) is 0.781. The van der Waals surface area contributed by atoms with Crippen molar-refractivity contribution in [3.63, 3.8) is 0 Å². The molecule has 2 aliphatic heterocycles. The predicted molar refractivity (Wildman–Crippen MR) is 171 cm³/mol. The highest BCUT2D eigenvalue weighted by molar-refractivity contribution is 4.92. The molecule has 2 aliphatic rings. The molecular formula is C33H65NO12. The maximum Gasteiger partial charge on any atom is 0.186 e. The molecule has 13 nitrogen and oxygen atoms in total. The number of rotatable bonds is 26. The lowest BCUT2D eigenvalue weighted by Gasteiger charge is -2.41. The third-order valence-electron chi connectivity index (χ3n) is 9.05. The molecule has 0 aliphatic carbocycles. The molecule has 0 aromatic rings. The summed E-state index contributed by atoms with van der Waals surface area (Å²) in [5, 5.41) is 68.6. The van der Waals surface area contributed by atoms with Gasteiger partial charge in [-0.25, -0.2) is 0 Å². The zero-order valence-corrected chi connectivity index (χ0v) is 27.9. The van der Waals surface area contributed by atoms with Crippen LogP contribution in [0, 0.1) is 5.92 Å². The first-order valence-electron chi connectivity index (χ1n) is 17.7. The summed E-state index contributed by atoms with van der Waals surface area (Å²) in [4.78, 5) is 0. The van der Waals surface area contributed by atoms with Crippen molar-refractivity contribution in [2.24, 2.45) is 11.7 Å². The lowest BCUT2D eigenvalue weighted by molar-refractivity contribution is -0.302. The molecule has 0 spiro atoms. The van der Waals surface area contributed by atoms with Crippen LogP contribution in [0.5, 0.6) is 0 Å². The smallest absolute Gasteiger partial charge is 0.186 e. The van der Waals surface area contributed by atoms with E-state index in [1.54, 1.807) is 0 Å². The molecule has 11 atom stereocenters. The van der Waals surface area contributed by atoms with Gasteiger partial charge in [0.1, 0.15) is 42.7 Å². The molecule has 0 bridgehead atoms. The Labute approximate surface area is 275 Å². The van der Waals surface area contributed by atoms with Crippen LogP contribution in [0.25, 0.3) is 0 Å². The molecule has 2 heterocycles. The van der Waals surface area contributed by atoms with Gasteiger partial charge in [-0.1, -0.05) is 90.4 Å². The Balaban J connectivity index is 1.62. The van der Waals surface area contributed by atoms with E-state index in [4.69, 9.17) is 34.5 Å². The van der Waals surface area contributed by atoms with Gasteiger partial charge in [0.25, 0.3) is 0 Å². The highest BCUT2D eigenvalue weighted by Gasteiger charge is 2.44. The van der Waals surface area contributed by atoms with E-state index in [-0.39, 0.29) is 19.8 Å². The van der Waals surface area contributed by atoms with E-state index in [9.17, 15) is 30.6 Å². The van der Waals surface area contributed by atoms with Crippen LogP contribution in [0.2, 0.25) is 0 Å². The second kappa shape index (κ2) is 24.6. The molecule has 2 fully saturated rings. The van der Waals surface area contributed by atoms with Crippen LogP contribution in [-0.4, -0.2) is 137 Å². The Kier molecular flexibility index (Phi) is 22.3. The molecule has 0 amide bonds. The molecule has 2 saturated heterocycles. The Morgan fingerprint density at radius 3 is 1.89 bits per heavy atom. The van der Waals surface area contributed by atoms with Crippen LogP contribution >= 0.6 is 0 Å². The molecule has 2 rings (SSSR count). The number of ether oxygens (including phenoxy) is 5. The zero-order valence-electron chi connectivity index (χ0n) is 27.9. The first-order chi connectivity index (χ1) is 22.2. The van der Waals surface area contributed by atoms with Crippen LogP contribution in [-0.2, 0) is 23.7 Å². The standard InChI is InChI=1S/C33H65NO12/c1-23(15-11-7-3-2-5-9-13-17-35)16-12-8-4-6-10-14-18-42-20-24(21-43-33-31(41)28(38)25(37)22-44-33)45-32-27(34)30(40)29(39)26(19-36)46-32/h23-33,35-41H,2-22,34H2,1H3. The largest absolute Gasteiger partial charge is 0.396 e. The van der Waals surface area contributed by atoms with Crippen LogP contribution in [0.15, 0.2) is 0 Å². The van der Waals surface area contributed by atoms with E-state index >= 15 is 0 Å². The van der Waals surface area contributed by atoms with Crippen molar-refractivity contribution in [2.75, 3.05) is 39.6 Å². The van der Waals surface area contributed by atoms with Crippen molar-refractivity contribution in [2.45, 2.75) is 165 Å². The normalized spacial score (nSPS) is 31.6. The molecule has 0 aromatic heterocycles. The van der Waals surface area contributed by atoms with E-state index in [1.165, 1.54) is 64.2 Å². The van der Waals surface area contributed by atoms with Crippen LogP contribution in [0.3, 0.4) is 0 Å². The third-order valence-corrected chi connectivity index (χ3v) is 9.05. The second-order valence-corrected chi connectivity index (χ2v) is 13.2. The van der Waals surface area contributed by atoms with Crippen molar-refractivity contribution in [3.8, 4) is 0 Å². The van der Waals surface area contributed by atoms with Gasteiger partial charge in [0.2, 0.25) is 0 Å². The summed E-state index contributed by atoms with van der Waals surface area (Å²) in [5.41, 5.74) is 6.03. The van der Waals surface area contributed by atoms with Gasteiger partial charge < -0.3 is 65.2 Å². The van der Waals surface area contributed by atoms with Gasteiger partial charge in [-0.05, 0) is 18.8 Å². The van der Waals surface area contributed by atoms with E-state index in [0.29, 0.717) is 13.2 Å². The van der Waals surface area contributed by atoms with Crippen molar-refractivity contribution >= 4 is 0 Å². The number of nitrogens with two attached hydrogens (primary N) is 1. The average molecular weight is 668 g/mol. The second-order valence-electron chi connectivity index (χ2n) is 13.2. The Morgan fingerprint density at radius 2 is 1.28 bits per heavy atom. The summed E-state index contributed by atoms with van der Waals surface area (Å²) in [6, 6.07) is -1.10. The highest BCUT2D eigenvalue weighted by atomic mass is 16.7. The van der Waals surface area contributed by atoms with Gasteiger partial charge in [-0.3, -0.25) is 0 Å². The number of unbranched alkanes of at least 4 members (excludes halogenated alkanes) is 11. The van der Waals surface area contributed by atoms with Crippen LogP contribution < -0.4 is 5.73 Å². The Hall–Kier alpha value is -0.520. The van der Waals surface area contributed by atoms with Crippen LogP contribution in [0.4, 0.5) is 0 Å². The summed E-state index contributed by atoms with van der Waals surface area (Å²) >= 11 is 0. The Morgan fingerprint density at radius 1 is 0.696 bits per heavy atom. The number of aliphatic hydroxyl groups excluding tert-OH is 7. The maximum atomic E-state index is 10.3. The summed E-state index contributed by atoms with van der Waals surface area (Å²) in [7, 11) is 0. The maximum absolute atomic E-state index is 10.3. The lowest BCUT2D eigenvalue weighted by atomic mass is 9.96. The monoisotopic (exact) mass is 667 g/mol. The molecule has 11 unspecified atom stereocenters. The summed E-state index contributed by atoms with van der Waals surface area (Å²) in [6.45, 7) is 2.34. The highest BCUT2D eigenvalue weighted by Crippen LogP contribution is 2.23. The zero-order chi connectivity index (χ0) is 33.7. The van der Waals surface area contributed by atoms with E-state index in [2.05, 4.69) is 6.92 Å². The van der Waals surface area contributed by atoms with Crippen molar-refractivity contribution < 1.29 is 59.4 Å².